The first kappa shape index (κ1) is 13.7. The maximum absolute atomic E-state index is 14.3. The van der Waals surface area contributed by atoms with E-state index in [1.807, 2.05) is 32.0 Å². The molecule has 0 atom stereocenters. The van der Waals surface area contributed by atoms with Gasteiger partial charge in [-0.3, -0.25) is 4.99 Å². The Balaban J connectivity index is 2.22. The van der Waals surface area contributed by atoms with Gasteiger partial charge >= 0.3 is 0 Å². The van der Waals surface area contributed by atoms with Crippen molar-refractivity contribution < 1.29 is 4.39 Å². The summed E-state index contributed by atoms with van der Waals surface area (Å²) in [5, 5.41) is 0. The van der Waals surface area contributed by atoms with Crippen LogP contribution in [0.15, 0.2) is 53.0 Å². The number of benzene rings is 2. The average Bonchev–Trinajstić information content (AvgIpc) is 2.49. The molecule has 1 nitrogen and oxygen atoms in total. The Kier molecular flexibility index (Phi) is 3.46. The van der Waals surface area contributed by atoms with Gasteiger partial charge in [0.1, 0.15) is 5.82 Å². The van der Waals surface area contributed by atoms with Gasteiger partial charge in [0.15, 0.2) is 0 Å². The fourth-order valence-corrected chi connectivity index (χ4v) is 3.03. The lowest BCUT2D eigenvalue weighted by atomic mass is 9.82. The molecule has 0 radical (unpaired) electrons. The van der Waals surface area contributed by atoms with Crippen LogP contribution in [0.25, 0.3) is 5.57 Å². The first-order valence-electron chi connectivity index (χ1n) is 7.13. The van der Waals surface area contributed by atoms with Gasteiger partial charge in [0.2, 0.25) is 0 Å². The summed E-state index contributed by atoms with van der Waals surface area (Å²) in [6.45, 7) is 4.03. The summed E-state index contributed by atoms with van der Waals surface area (Å²) in [6.07, 6.45) is 0.751. The van der Waals surface area contributed by atoms with E-state index in [1.165, 1.54) is 5.56 Å². The van der Waals surface area contributed by atoms with Crippen LogP contribution in [-0.4, -0.2) is 12.8 Å². The molecule has 3 rings (SSSR count). The topological polar surface area (TPSA) is 12.4 Å². The van der Waals surface area contributed by atoms with Crippen LogP contribution in [-0.2, 0) is 6.42 Å². The number of rotatable bonds is 1. The number of fused-ring (bicyclic) bond motifs is 1. The minimum Gasteiger partial charge on any atom is -0.288 e. The van der Waals surface area contributed by atoms with E-state index in [-0.39, 0.29) is 5.82 Å². The lowest BCUT2D eigenvalue weighted by Gasteiger charge is -2.23. The summed E-state index contributed by atoms with van der Waals surface area (Å²) in [4.78, 5) is 4.43. The maximum atomic E-state index is 14.3. The molecule has 0 aromatic heterocycles. The quantitative estimate of drug-likeness (QED) is 0.724. The van der Waals surface area contributed by atoms with Crippen LogP contribution in [0.2, 0.25) is 0 Å². The van der Waals surface area contributed by atoms with E-state index in [4.69, 9.17) is 0 Å². The smallest absolute Gasteiger partial charge is 0.130 e. The minimum atomic E-state index is -0.162. The van der Waals surface area contributed by atoms with E-state index < -0.39 is 0 Å². The summed E-state index contributed by atoms with van der Waals surface area (Å²) in [6, 6.07) is 13.5. The second-order valence-corrected chi connectivity index (χ2v) is 5.49. The highest BCUT2D eigenvalue weighted by Crippen LogP contribution is 2.34. The Morgan fingerprint density at radius 1 is 1.00 bits per heavy atom. The second-order valence-electron chi connectivity index (χ2n) is 5.49. The van der Waals surface area contributed by atoms with Crippen LogP contribution in [0.5, 0.6) is 0 Å². The van der Waals surface area contributed by atoms with Gasteiger partial charge in [-0.1, -0.05) is 35.9 Å². The lowest BCUT2D eigenvalue weighted by Crippen LogP contribution is -2.15. The largest absolute Gasteiger partial charge is 0.288 e. The maximum Gasteiger partial charge on any atom is 0.130 e. The van der Waals surface area contributed by atoms with Crippen LogP contribution >= 0.6 is 0 Å². The number of hydrogen-bond acceptors (Lipinski definition) is 1. The fourth-order valence-electron chi connectivity index (χ4n) is 3.03. The third kappa shape index (κ3) is 2.31. The Hall–Kier alpha value is -2.22. The van der Waals surface area contributed by atoms with E-state index in [2.05, 4.69) is 17.1 Å². The molecule has 0 aliphatic heterocycles. The molecule has 0 amide bonds. The Labute approximate surface area is 124 Å². The van der Waals surface area contributed by atoms with Gasteiger partial charge < -0.3 is 0 Å². The SMILES string of the molecule is CN=C1C(C)=C(c2cc(C)ccc2F)Cc2ccccc21. The van der Waals surface area contributed by atoms with Crippen molar-refractivity contribution in [2.45, 2.75) is 20.3 Å². The molecule has 0 unspecified atom stereocenters. The Bertz CT molecular complexity index is 769. The van der Waals surface area contributed by atoms with Crippen LogP contribution < -0.4 is 0 Å². The molecule has 0 heterocycles. The zero-order valence-corrected chi connectivity index (χ0v) is 12.6. The average molecular weight is 279 g/mol. The molecule has 1 aliphatic carbocycles. The molecule has 0 saturated carbocycles. The monoisotopic (exact) mass is 279 g/mol. The van der Waals surface area contributed by atoms with Crippen molar-refractivity contribution in [3.63, 3.8) is 0 Å². The standard InChI is InChI=1S/C19H18FN/c1-12-8-9-18(20)17(10-12)16-11-14-6-4-5-7-15(14)19(21-3)13(16)2/h4-10H,11H2,1-3H3. The van der Waals surface area contributed by atoms with Crippen LogP contribution in [0, 0.1) is 12.7 Å². The zero-order chi connectivity index (χ0) is 15.0. The number of hydrogen-bond donors (Lipinski definition) is 0. The molecule has 1 aliphatic rings. The van der Waals surface area contributed by atoms with Gasteiger partial charge in [-0.15, -0.1) is 0 Å². The molecule has 2 aromatic rings. The molecule has 0 spiro atoms. The molecule has 106 valence electrons. The second kappa shape index (κ2) is 5.28. The first-order valence-corrected chi connectivity index (χ1v) is 7.13. The lowest BCUT2D eigenvalue weighted by molar-refractivity contribution is 0.623. The predicted octanol–water partition coefficient (Wildman–Crippen LogP) is 4.58. The molecule has 0 saturated heterocycles. The summed E-state index contributed by atoms with van der Waals surface area (Å²) in [7, 11) is 1.80. The number of nitrogens with zero attached hydrogens (tertiary/aromatic N) is 1. The van der Waals surface area contributed by atoms with Gasteiger partial charge in [0.25, 0.3) is 0 Å². The van der Waals surface area contributed by atoms with Crippen molar-refractivity contribution in [2.75, 3.05) is 7.05 Å². The van der Waals surface area contributed by atoms with E-state index in [1.54, 1.807) is 19.2 Å². The number of halogens is 1. The molecule has 2 heteroatoms. The fraction of sp³-hybridized carbons (Fsp3) is 0.211. The number of aliphatic imine (C=N–C) groups is 1. The van der Waals surface area contributed by atoms with Gasteiger partial charge in [0.05, 0.1) is 5.71 Å². The van der Waals surface area contributed by atoms with Crippen molar-refractivity contribution >= 4 is 11.3 Å². The highest BCUT2D eigenvalue weighted by atomic mass is 19.1. The summed E-state index contributed by atoms with van der Waals surface area (Å²) >= 11 is 0. The number of aryl methyl sites for hydroxylation is 1. The zero-order valence-electron chi connectivity index (χ0n) is 12.6. The van der Waals surface area contributed by atoms with Gasteiger partial charge in [-0.25, -0.2) is 4.39 Å². The molecule has 21 heavy (non-hydrogen) atoms. The third-order valence-electron chi connectivity index (χ3n) is 4.12. The van der Waals surface area contributed by atoms with Gasteiger partial charge in [-0.05, 0) is 49.1 Å². The first-order chi connectivity index (χ1) is 10.1. The third-order valence-corrected chi connectivity index (χ3v) is 4.12. The van der Waals surface area contributed by atoms with E-state index >= 15 is 0 Å². The van der Waals surface area contributed by atoms with Gasteiger partial charge in [-0.2, -0.15) is 0 Å². The minimum absolute atomic E-state index is 0.162. The summed E-state index contributed by atoms with van der Waals surface area (Å²) in [5.74, 6) is -0.162. The molecule has 2 aromatic carbocycles. The summed E-state index contributed by atoms with van der Waals surface area (Å²) in [5.41, 5.74) is 7.21. The Morgan fingerprint density at radius 2 is 1.76 bits per heavy atom. The van der Waals surface area contributed by atoms with E-state index in [0.29, 0.717) is 5.56 Å². The molecule has 0 bridgehead atoms. The van der Waals surface area contributed by atoms with E-state index in [9.17, 15) is 4.39 Å². The van der Waals surface area contributed by atoms with Gasteiger partial charge in [0, 0.05) is 18.2 Å². The highest BCUT2D eigenvalue weighted by molar-refractivity contribution is 6.19. The molecular formula is C19H18FN. The summed E-state index contributed by atoms with van der Waals surface area (Å²) < 4.78 is 14.3. The Morgan fingerprint density at radius 3 is 2.52 bits per heavy atom. The van der Waals surface area contributed by atoms with Crippen molar-refractivity contribution in [3.05, 3.63) is 76.1 Å². The normalized spacial score (nSPS) is 16.3. The van der Waals surface area contributed by atoms with Crippen LogP contribution in [0.1, 0.15) is 29.2 Å². The number of allylic oxidation sites excluding steroid dienone is 2. The highest BCUT2D eigenvalue weighted by Gasteiger charge is 2.23. The van der Waals surface area contributed by atoms with Crippen molar-refractivity contribution in [1.82, 2.24) is 0 Å². The van der Waals surface area contributed by atoms with Crippen LogP contribution in [0.4, 0.5) is 4.39 Å². The van der Waals surface area contributed by atoms with Crippen molar-refractivity contribution in [2.24, 2.45) is 4.99 Å². The van der Waals surface area contributed by atoms with Crippen molar-refractivity contribution in [3.8, 4) is 0 Å². The van der Waals surface area contributed by atoms with Crippen molar-refractivity contribution in [1.29, 1.82) is 0 Å². The molecular weight excluding hydrogens is 261 g/mol. The molecule has 0 N–H and O–H groups in total. The predicted molar refractivity (Wildman–Crippen MR) is 86.3 cm³/mol. The molecule has 0 fully saturated rings. The van der Waals surface area contributed by atoms with Crippen LogP contribution in [0.3, 0.4) is 0 Å². The van der Waals surface area contributed by atoms with E-state index in [0.717, 1.165) is 34.4 Å².